The molecular formula is C19H21NO4. The SMILES string of the molecule is CC(=O)Nc1cc2ccccc2cc1C(=O)OCC(=O)C(C)(C)C. The Bertz CT molecular complexity index is 803. The molecule has 5 heteroatoms. The van der Waals surface area contributed by atoms with E-state index in [4.69, 9.17) is 4.74 Å². The van der Waals surface area contributed by atoms with E-state index in [0.717, 1.165) is 10.8 Å². The van der Waals surface area contributed by atoms with Crippen LogP contribution in [0.5, 0.6) is 0 Å². The summed E-state index contributed by atoms with van der Waals surface area (Å²) in [5, 5.41) is 4.38. The molecule has 2 aromatic carbocycles. The van der Waals surface area contributed by atoms with Crippen molar-refractivity contribution in [2.75, 3.05) is 11.9 Å². The summed E-state index contributed by atoms with van der Waals surface area (Å²) in [6.45, 7) is 6.37. The van der Waals surface area contributed by atoms with E-state index < -0.39 is 11.4 Å². The highest BCUT2D eigenvalue weighted by atomic mass is 16.5. The van der Waals surface area contributed by atoms with Crippen LogP contribution in [0.15, 0.2) is 36.4 Å². The number of rotatable bonds is 4. The normalized spacial score (nSPS) is 11.2. The lowest BCUT2D eigenvalue weighted by atomic mass is 9.91. The Morgan fingerprint density at radius 1 is 1.04 bits per heavy atom. The van der Waals surface area contributed by atoms with Crippen molar-refractivity contribution in [2.24, 2.45) is 5.41 Å². The van der Waals surface area contributed by atoms with E-state index in [9.17, 15) is 14.4 Å². The van der Waals surface area contributed by atoms with E-state index in [1.165, 1.54) is 6.92 Å². The molecule has 0 bridgehead atoms. The number of carbonyl (C=O) groups excluding carboxylic acids is 3. The number of benzene rings is 2. The lowest BCUT2D eigenvalue weighted by Crippen LogP contribution is -2.26. The van der Waals surface area contributed by atoms with Crippen LogP contribution in [0, 0.1) is 5.41 Å². The Morgan fingerprint density at radius 2 is 1.62 bits per heavy atom. The van der Waals surface area contributed by atoms with Crippen molar-refractivity contribution in [1.82, 2.24) is 0 Å². The van der Waals surface area contributed by atoms with Crippen LogP contribution in [-0.4, -0.2) is 24.3 Å². The van der Waals surface area contributed by atoms with Crippen molar-refractivity contribution in [1.29, 1.82) is 0 Å². The first-order valence-corrected chi connectivity index (χ1v) is 7.69. The maximum absolute atomic E-state index is 12.4. The Kier molecular flexibility index (Phi) is 5.02. The van der Waals surface area contributed by atoms with Crippen molar-refractivity contribution in [3.05, 3.63) is 42.0 Å². The Labute approximate surface area is 141 Å². The van der Waals surface area contributed by atoms with Crippen LogP contribution in [-0.2, 0) is 14.3 Å². The topological polar surface area (TPSA) is 72.5 Å². The first-order valence-electron chi connectivity index (χ1n) is 7.69. The van der Waals surface area contributed by atoms with Crippen molar-refractivity contribution in [2.45, 2.75) is 27.7 Å². The molecule has 0 atom stereocenters. The summed E-state index contributed by atoms with van der Waals surface area (Å²) in [5.41, 5.74) is 0.0180. The summed E-state index contributed by atoms with van der Waals surface area (Å²) in [6.07, 6.45) is 0. The molecule has 2 rings (SSSR count). The monoisotopic (exact) mass is 327 g/mol. The average Bonchev–Trinajstić information content (AvgIpc) is 2.50. The van der Waals surface area contributed by atoms with Gasteiger partial charge in [-0.3, -0.25) is 9.59 Å². The zero-order valence-electron chi connectivity index (χ0n) is 14.3. The van der Waals surface area contributed by atoms with Crippen LogP contribution >= 0.6 is 0 Å². The lowest BCUT2D eigenvalue weighted by molar-refractivity contribution is -0.129. The highest BCUT2D eigenvalue weighted by Crippen LogP contribution is 2.25. The molecule has 0 spiro atoms. The van der Waals surface area contributed by atoms with Gasteiger partial charge in [-0.05, 0) is 22.9 Å². The van der Waals surface area contributed by atoms with Crippen LogP contribution < -0.4 is 5.32 Å². The van der Waals surface area contributed by atoms with Crippen LogP contribution in [0.1, 0.15) is 38.1 Å². The largest absolute Gasteiger partial charge is 0.454 e. The molecule has 0 fully saturated rings. The fourth-order valence-electron chi connectivity index (χ4n) is 2.13. The summed E-state index contributed by atoms with van der Waals surface area (Å²) in [7, 11) is 0. The predicted molar refractivity (Wildman–Crippen MR) is 93.0 cm³/mol. The summed E-state index contributed by atoms with van der Waals surface area (Å²) < 4.78 is 5.15. The number of fused-ring (bicyclic) bond motifs is 1. The molecule has 0 heterocycles. The highest BCUT2D eigenvalue weighted by Gasteiger charge is 2.23. The van der Waals surface area contributed by atoms with E-state index in [-0.39, 0.29) is 23.9 Å². The maximum Gasteiger partial charge on any atom is 0.340 e. The van der Waals surface area contributed by atoms with Crippen LogP contribution in [0.3, 0.4) is 0 Å². The number of hydrogen-bond acceptors (Lipinski definition) is 4. The molecule has 1 amide bonds. The molecule has 0 saturated heterocycles. The number of carbonyl (C=O) groups is 3. The van der Waals surface area contributed by atoms with E-state index in [1.807, 2.05) is 24.3 Å². The molecule has 24 heavy (non-hydrogen) atoms. The van der Waals surface area contributed by atoms with E-state index in [0.29, 0.717) is 5.69 Å². The first kappa shape index (κ1) is 17.7. The second kappa shape index (κ2) is 6.83. The number of anilines is 1. The molecular weight excluding hydrogens is 306 g/mol. The minimum Gasteiger partial charge on any atom is -0.454 e. The number of hydrogen-bond donors (Lipinski definition) is 1. The van der Waals surface area contributed by atoms with Crippen LogP contribution in [0.4, 0.5) is 5.69 Å². The molecule has 0 unspecified atom stereocenters. The van der Waals surface area contributed by atoms with Gasteiger partial charge in [0.25, 0.3) is 0 Å². The molecule has 0 saturated carbocycles. The number of nitrogens with one attached hydrogen (secondary N) is 1. The maximum atomic E-state index is 12.4. The smallest absolute Gasteiger partial charge is 0.340 e. The molecule has 0 aliphatic heterocycles. The molecule has 2 aromatic rings. The predicted octanol–water partition coefficient (Wildman–Crippen LogP) is 3.57. The molecule has 0 aliphatic rings. The van der Waals surface area contributed by atoms with Gasteiger partial charge in [0.2, 0.25) is 5.91 Å². The van der Waals surface area contributed by atoms with Gasteiger partial charge < -0.3 is 10.1 Å². The Hall–Kier alpha value is -2.69. The quantitative estimate of drug-likeness (QED) is 0.871. The second-order valence-corrected chi connectivity index (χ2v) is 6.68. The summed E-state index contributed by atoms with van der Waals surface area (Å²) in [5.74, 6) is -1.09. The molecule has 1 N–H and O–H groups in total. The lowest BCUT2D eigenvalue weighted by Gasteiger charge is -2.17. The average molecular weight is 327 g/mol. The van der Waals surface area contributed by atoms with Gasteiger partial charge in [-0.2, -0.15) is 0 Å². The van der Waals surface area contributed by atoms with Gasteiger partial charge in [0.05, 0.1) is 11.3 Å². The van der Waals surface area contributed by atoms with E-state index in [1.54, 1.807) is 32.9 Å². The van der Waals surface area contributed by atoms with Crippen molar-refractivity contribution in [3.63, 3.8) is 0 Å². The summed E-state index contributed by atoms with van der Waals surface area (Å²) in [4.78, 5) is 35.7. The van der Waals surface area contributed by atoms with Crippen LogP contribution in [0.25, 0.3) is 10.8 Å². The standard InChI is InChI=1S/C19H21NO4/c1-12(21)20-16-10-14-8-6-5-7-13(14)9-15(16)18(23)24-11-17(22)19(2,3)4/h5-10H,11H2,1-4H3,(H,20,21). The van der Waals surface area contributed by atoms with Gasteiger partial charge >= 0.3 is 5.97 Å². The van der Waals surface area contributed by atoms with Gasteiger partial charge in [-0.25, -0.2) is 4.79 Å². The molecule has 5 nitrogen and oxygen atoms in total. The van der Waals surface area contributed by atoms with Crippen molar-refractivity contribution in [3.8, 4) is 0 Å². The third-order valence-electron chi connectivity index (χ3n) is 3.59. The summed E-state index contributed by atoms with van der Waals surface area (Å²) >= 11 is 0. The van der Waals surface area contributed by atoms with Gasteiger partial charge in [0.15, 0.2) is 12.4 Å². The Morgan fingerprint density at radius 3 is 2.17 bits per heavy atom. The van der Waals surface area contributed by atoms with Crippen molar-refractivity contribution >= 4 is 34.1 Å². The zero-order valence-corrected chi connectivity index (χ0v) is 14.3. The number of Topliss-reactive ketones (excluding diaryl/α,β-unsaturated/α-hetero) is 1. The summed E-state index contributed by atoms with van der Waals surface area (Å²) in [6, 6.07) is 10.9. The van der Waals surface area contributed by atoms with E-state index in [2.05, 4.69) is 5.32 Å². The first-order chi connectivity index (χ1) is 11.2. The fraction of sp³-hybridized carbons (Fsp3) is 0.316. The molecule has 126 valence electrons. The van der Waals surface area contributed by atoms with Gasteiger partial charge in [0, 0.05) is 12.3 Å². The third-order valence-corrected chi connectivity index (χ3v) is 3.59. The van der Waals surface area contributed by atoms with Gasteiger partial charge in [0.1, 0.15) is 0 Å². The highest BCUT2D eigenvalue weighted by molar-refractivity contribution is 6.06. The molecule has 0 aliphatic carbocycles. The van der Waals surface area contributed by atoms with Gasteiger partial charge in [-0.15, -0.1) is 0 Å². The fourth-order valence-corrected chi connectivity index (χ4v) is 2.13. The molecule has 0 radical (unpaired) electrons. The number of ketones is 1. The third kappa shape index (κ3) is 4.19. The number of ether oxygens (including phenoxy) is 1. The minimum absolute atomic E-state index is 0.169. The number of amides is 1. The van der Waals surface area contributed by atoms with Crippen LogP contribution in [0.2, 0.25) is 0 Å². The van der Waals surface area contributed by atoms with E-state index >= 15 is 0 Å². The second-order valence-electron chi connectivity index (χ2n) is 6.68. The Balaban J connectivity index is 2.32. The van der Waals surface area contributed by atoms with Gasteiger partial charge in [-0.1, -0.05) is 45.0 Å². The van der Waals surface area contributed by atoms with Crippen molar-refractivity contribution < 1.29 is 19.1 Å². The minimum atomic E-state index is -0.637. The zero-order chi connectivity index (χ0) is 17.9. The number of esters is 1. The molecule has 0 aromatic heterocycles.